The van der Waals surface area contributed by atoms with Crippen molar-refractivity contribution >= 4 is 18.3 Å². The van der Waals surface area contributed by atoms with E-state index in [-0.39, 0.29) is 36.1 Å². The molecule has 0 aliphatic carbocycles. The van der Waals surface area contributed by atoms with Gasteiger partial charge in [0.05, 0.1) is 6.61 Å². The first kappa shape index (κ1) is 20.6. The summed E-state index contributed by atoms with van der Waals surface area (Å²) < 4.78 is 31.3. The van der Waals surface area contributed by atoms with Gasteiger partial charge in [0.25, 0.3) is 0 Å². The summed E-state index contributed by atoms with van der Waals surface area (Å²) in [6, 6.07) is 3.18. The number of benzene rings is 1. The molecule has 0 atom stereocenters. The molecule has 0 unspecified atom stereocenters. The predicted molar refractivity (Wildman–Crippen MR) is 91.6 cm³/mol. The van der Waals surface area contributed by atoms with E-state index in [0.717, 1.165) is 38.1 Å². The van der Waals surface area contributed by atoms with E-state index < -0.39 is 11.6 Å². The second-order valence-electron chi connectivity index (χ2n) is 6.36. The molecule has 0 bridgehead atoms. The zero-order valence-electron chi connectivity index (χ0n) is 13.9. The van der Waals surface area contributed by atoms with E-state index in [2.05, 4.69) is 17.6 Å². The van der Waals surface area contributed by atoms with Crippen molar-refractivity contribution in [1.29, 1.82) is 0 Å². The first-order valence-electron chi connectivity index (χ1n) is 8.04. The zero-order valence-corrected chi connectivity index (χ0v) is 14.7. The van der Waals surface area contributed by atoms with Crippen LogP contribution in [0, 0.1) is 17.0 Å². The minimum atomic E-state index is -0.728. The Kier molecular flexibility index (Phi) is 8.42. The summed E-state index contributed by atoms with van der Waals surface area (Å²) in [7, 11) is 0. The number of carbonyl (C=O) groups is 1. The van der Waals surface area contributed by atoms with Gasteiger partial charge >= 0.3 is 0 Å². The van der Waals surface area contributed by atoms with Crippen molar-refractivity contribution in [3.05, 3.63) is 29.8 Å². The standard InChI is InChI=1S/C17H24F2N2O2.ClH/c1-17(6-8-20-9-7-17)12-21-16(22)3-2-10-23-15-5-4-13(18)11-14(15)19;/h4-5,11,20H,2-3,6-10,12H2,1H3,(H,21,22);1H. The Morgan fingerprint density at radius 2 is 2.04 bits per heavy atom. The highest BCUT2D eigenvalue weighted by Crippen LogP contribution is 2.26. The van der Waals surface area contributed by atoms with Gasteiger partial charge in [-0.3, -0.25) is 4.79 Å². The lowest BCUT2D eigenvalue weighted by atomic mass is 9.81. The number of halogens is 3. The van der Waals surface area contributed by atoms with Gasteiger partial charge in [0.15, 0.2) is 11.6 Å². The van der Waals surface area contributed by atoms with Gasteiger partial charge in [0, 0.05) is 19.0 Å². The van der Waals surface area contributed by atoms with Crippen LogP contribution in [-0.4, -0.2) is 32.1 Å². The Hall–Kier alpha value is -1.40. The summed E-state index contributed by atoms with van der Waals surface area (Å²) in [6.45, 7) is 5.07. The molecule has 1 saturated heterocycles. The lowest BCUT2D eigenvalue weighted by Crippen LogP contribution is -2.42. The van der Waals surface area contributed by atoms with Crippen LogP contribution in [0.3, 0.4) is 0 Å². The predicted octanol–water partition coefficient (Wildman–Crippen LogP) is 3.05. The van der Waals surface area contributed by atoms with E-state index in [4.69, 9.17) is 4.74 Å². The minimum absolute atomic E-state index is 0. The van der Waals surface area contributed by atoms with Crippen molar-refractivity contribution < 1.29 is 18.3 Å². The minimum Gasteiger partial charge on any atom is -0.491 e. The normalized spacial score (nSPS) is 16.1. The van der Waals surface area contributed by atoms with Crippen LogP contribution in [0.2, 0.25) is 0 Å². The largest absolute Gasteiger partial charge is 0.491 e. The molecule has 1 aliphatic rings. The highest BCUT2D eigenvalue weighted by atomic mass is 35.5. The monoisotopic (exact) mass is 362 g/mol. The highest BCUT2D eigenvalue weighted by Gasteiger charge is 2.26. The lowest BCUT2D eigenvalue weighted by Gasteiger charge is -2.34. The van der Waals surface area contributed by atoms with E-state index >= 15 is 0 Å². The maximum absolute atomic E-state index is 13.4. The second-order valence-corrected chi connectivity index (χ2v) is 6.36. The number of piperidine rings is 1. The average Bonchev–Trinajstić information content (AvgIpc) is 2.52. The van der Waals surface area contributed by atoms with Gasteiger partial charge in [-0.15, -0.1) is 12.4 Å². The summed E-state index contributed by atoms with van der Waals surface area (Å²) in [5.74, 6) is -1.38. The molecule has 4 nitrogen and oxygen atoms in total. The van der Waals surface area contributed by atoms with Gasteiger partial charge in [-0.05, 0) is 49.9 Å². The number of nitrogens with one attached hydrogen (secondary N) is 2. The third-order valence-electron chi connectivity index (χ3n) is 4.22. The van der Waals surface area contributed by atoms with E-state index in [0.29, 0.717) is 19.4 Å². The lowest BCUT2D eigenvalue weighted by molar-refractivity contribution is -0.121. The maximum Gasteiger partial charge on any atom is 0.220 e. The van der Waals surface area contributed by atoms with Gasteiger partial charge in [-0.1, -0.05) is 6.92 Å². The van der Waals surface area contributed by atoms with Crippen LogP contribution in [0.15, 0.2) is 18.2 Å². The molecule has 1 amide bonds. The Morgan fingerprint density at radius 1 is 1.33 bits per heavy atom. The molecule has 7 heteroatoms. The maximum atomic E-state index is 13.4. The highest BCUT2D eigenvalue weighted by molar-refractivity contribution is 5.85. The molecule has 0 radical (unpaired) electrons. The average molecular weight is 363 g/mol. The van der Waals surface area contributed by atoms with E-state index in [9.17, 15) is 13.6 Å². The molecule has 2 N–H and O–H groups in total. The fraction of sp³-hybridized carbons (Fsp3) is 0.588. The van der Waals surface area contributed by atoms with E-state index in [1.165, 1.54) is 6.07 Å². The molecule has 1 heterocycles. The molecule has 1 aromatic rings. The summed E-state index contributed by atoms with van der Waals surface area (Å²) in [6.07, 6.45) is 2.93. The topological polar surface area (TPSA) is 50.4 Å². The smallest absolute Gasteiger partial charge is 0.220 e. The van der Waals surface area contributed by atoms with Crippen molar-refractivity contribution in [2.45, 2.75) is 32.6 Å². The molecule has 0 saturated carbocycles. The molecule has 1 aromatic carbocycles. The third-order valence-corrected chi connectivity index (χ3v) is 4.22. The summed E-state index contributed by atoms with van der Waals surface area (Å²) >= 11 is 0. The molecule has 0 spiro atoms. The number of amides is 1. The Labute approximate surface area is 147 Å². The van der Waals surface area contributed by atoms with Gasteiger partial charge < -0.3 is 15.4 Å². The molecule has 1 aliphatic heterocycles. The summed E-state index contributed by atoms with van der Waals surface area (Å²) in [4.78, 5) is 11.8. The van der Waals surface area contributed by atoms with Crippen molar-refractivity contribution in [1.82, 2.24) is 10.6 Å². The Balaban J connectivity index is 0.00000288. The molecule has 24 heavy (non-hydrogen) atoms. The van der Waals surface area contributed by atoms with Crippen molar-refractivity contribution in [2.75, 3.05) is 26.2 Å². The van der Waals surface area contributed by atoms with E-state index in [1.807, 2.05) is 0 Å². The molecular weight excluding hydrogens is 338 g/mol. The Morgan fingerprint density at radius 3 is 2.71 bits per heavy atom. The third kappa shape index (κ3) is 6.61. The SMILES string of the molecule is CC1(CNC(=O)CCCOc2ccc(F)cc2F)CCNCC1.Cl. The van der Waals surface area contributed by atoms with Crippen LogP contribution in [0.1, 0.15) is 32.6 Å². The van der Waals surface area contributed by atoms with E-state index in [1.54, 1.807) is 0 Å². The van der Waals surface area contributed by atoms with Crippen LogP contribution in [0.25, 0.3) is 0 Å². The number of hydrogen-bond donors (Lipinski definition) is 2. The van der Waals surface area contributed by atoms with Gasteiger partial charge in [0.1, 0.15) is 5.82 Å². The van der Waals surface area contributed by atoms with Crippen molar-refractivity contribution in [3.8, 4) is 5.75 Å². The van der Waals surface area contributed by atoms with Crippen LogP contribution in [0.5, 0.6) is 5.75 Å². The van der Waals surface area contributed by atoms with Gasteiger partial charge in [0.2, 0.25) is 5.91 Å². The summed E-state index contributed by atoms with van der Waals surface area (Å²) in [5.41, 5.74) is 0.161. The quantitative estimate of drug-likeness (QED) is 0.733. The number of carbonyl (C=O) groups excluding carboxylic acids is 1. The van der Waals surface area contributed by atoms with Crippen LogP contribution >= 0.6 is 12.4 Å². The van der Waals surface area contributed by atoms with Crippen molar-refractivity contribution in [3.63, 3.8) is 0 Å². The fourth-order valence-electron chi connectivity index (χ4n) is 2.61. The first-order valence-corrected chi connectivity index (χ1v) is 8.04. The number of ether oxygens (including phenoxy) is 1. The first-order chi connectivity index (χ1) is 11.0. The zero-order chi connectivity index (χ0) is 16.7. The fourth-order valence-corrected chi connectivity index (χ4v) is 2.61. The summed E-state index contributed by atoms with van der Waals surface area (Å²) in [5, 5.41) is 6.27. The van der Waals surface area contributed by atoms with Gasteiger partial charge in [-0.2, -0.15) is 0 Å². The number of hydrogen-bond acceptors (Lipinski definition) is 3. The molecular formula is C17H25ClF2N2O2. The van der Waals surface area contributed by atoms with Crippen LogP contribution in [0.4, 0.5) is 8.78 Å². The van der Waals surface area contributed by atoms with Crippen molar-refractivity contribution in [2.24, 2.45) is 5.41 Å². The Bertz CT molecular complexity index is 537. The molecule has 2 rings (SSSR count). The number of rotatable bonds is 7. The van der Waals surface area contributed by atoms with Crippen LogP contribution < -0.4 is 15.4 Å². The molecule has 136 valence electrons. The molecule has 1 fully saturated rings. The van der Waals surface area contributed by atoms with Crippen LogP contribution in [-0.2, 0) is 4.79 Å². The molecule has 0 aromatic heterocycles. The van der Waals surface area contributed by atoms with Gasteiger partial charge in [-0.25, -0.2) is 8.78 Å². The second kappa shape index (κ2) is 9.79.